The Hall–Kier alpha value is -1.11. The largest absolute Gasteiger partial charge is 0.295 e. The molecule has 3 nitrogen and oxygen atoms in total. The highest BCUT2D eigenvalue weighted by Crippen LogP contribution is 2.25. The number of thioether (sulfide) groups is 1. The van der Waals surface area contributed by atoms with Crippen LogP contribution in [0.4, 0.5) is 0 Å². The van der Waals surface area contributed by atoms with Crippen LogP contribution in [0.2, 0.25) is 0 Å². The second-order valence-electron chi connectivity index (χ2n) is 4.20. The average Bonchev–Trinajstić information content (AvgIpc) is 3.06. The number of aromatic nitrogens is 3. The fourth-order valence-electron chi connectivity index (χ4n) is 1.81. The third-order valence-corrected chi connectivity index (χ3v) is 5.08. The number of thiazole rings is 1. The zero-order valence-corrected chi connectivity index (χ0v) is 14.0. The van der Waals surface area contributed by atoms with E-state index in [1.807, 2.05) is 31.5 Å². The van der Waals surface area contributed by atoms with Gasteiger partial charge in [0.1, 0.15) is 0 Å². The molecule has 3 rings (SSSR count). The standard InChI is InChI=1S/C14H12BrN3S2/c1-10-17-12(8-19-10)9-20-14-16-6-7-18(14)13-4-2-11(15)3-5-13/h2-8H,9H2,1H3. The van der Waals surface area contributed by atoms with Crippen LogP contribution in [0.3, 0.4) is 0 Å². The molecule has 2 aromatic heterocycles. The number of aryl methyl sites for hydroxylation is 1. The summed E-state index contributed by atoms with van der Waals surface area (Å²) in [4.78, 5) is 8.91. The molecule has 0 atom stereocenters. The van der Waals surface area contributed by atoms with E-state index in [1.54, 1.807) is 23.1 Å². The van der Waals surface area contributed by atoms with E-state index in [1.165, 1.54) is 0 Å². The Kier molecular flexibility index (Phi) is 4.24. The van der Waals surface area contributed by atoms with Crippen LogP contribution in [0.5, 0.6) is 0 Å². The van der Waals surface area contributed by atoms with Crippen molar-refractivity contribution in [1.82, 2.24) is 14.5 Å². The summed E-state index contributed by atoms with van der Waals surface area (Å²) >= 11 is 6.84. The van der Waals surface area contributed by atoms with E-state index in [2.05, 4.69) is 48.0 Å². The summed E-state index contributed by atoms with van der Waals surface area (Å²) in [6.45, 7) is 2.03. The molecule has 0 aliphatic rings. The SMILES string of the molecule is Cc1nc(CSc2nccn2-c2ccc(Br)cc2)cs1. The van der Waals surface area contributed by atoms with Gasteiger partial charge in [0.05, 0.1) is 10.7 Å². The lowest BCUT2D eigenvalue weighted by molar-refractivity contribution is 0.894. The van der Waals surface area contributed by atoms with Gasteiger partial charge in [-0.3, -0.25) is 4.57 Å². The van der Waals surface area contributed by atoms with Crippen molar-refractivity contribution in [2.45, 2.75) is 17.8 Å². The Bertz CT molecular complexity index is 703. The molecule has 0 amide bonds. The lowest BCUT2D eigenvalue weighted by Crippen LogP contribution is -1.95. The number of nitrogens with zero attached hydrogens (tertiary/aromatic N) is 3. The van der Waals surface area contributed by atoms with Crippen molar-refractivity contribution in [1.29, 1.82) is 0 Å². The van der Waals surface area contributed by atoms with Crippen LogP contribution in [0, 0.1) is 6.92 Å². The Morgan fingerprint density at radius 2 is 2.10 bits per heavy atom. The van der Waals surface area contributed by atoms with Crippen molar-refractivity contribution in [3.05, 3.63) is 57.2 Å². The van der Waals surface area contributed by atoms with E-state index in [0.29, 0.717) is 0 Å². The molecule has 0 saturated carbocycles. The molecule has 0 radical (unpaired) electrons. The summed E-state index contributed by atoms with van der Waals surface area (Å²) in [5, 5.41) is 4.20. The van der Waals surface area contributed by atoms with Crippen LogP contribution in [-0.4, -0.2) is 14.5 Å². The molecule has 1 aromatic carbocycles. The minimum Gasteiger partial charge on any atom is -0.295 e. The average molecular weight is 366 g/mol. The molecule has 0 aliphatic carbocycles. The number of halogens is 1. The van der Waals surface area contributed by atoms with E-state index in [-0.39, 0.29) is 0 Å². The molecule has 0 unspecified atom stereocenters. The van der Waals surface area contributed by atoms with Crippen LogP contribution in [0.15, 0.2) is 51.7 Å². The molecule has 102 valence electrons. The molecule has 3 aromatic rings. The third kappa shape index (κ3) is 3.13. The topological polar surface area (TPSA) is 30.7 Å². The number of imidazole rings is 1. The summed E-state index contributed by atoms with van der Waals surface area (Å²) in [5.41, 5.74) is 2.23. The zero-order valence-electron chi connectivity index (χ0n) is 10.8. The molecular formula is C14H12BrN3S2. The van der Waals surface area contributed by atoms with Crippen molar-refractivity contribution in [3.8, 4) is 5.69 Å². The summed E-state index contributed by atoms with van der Waals surface area (Å²) in [6, 6.07) is 8.22. The monoisotopic (exact) mass is 365 g/mol. The quantitative estimate of drug-likeness (QED) is 0.628. The molecule has 0 aliphatic heterocycles. The van der Waals surface area contributed by atoms with Gasteiger partial charge in [-0.25, -0.2) is 9.97 Å². The first-order valence-electron chi connectivity index (χ1n) is 6.05. The smallest absolute Gasteiger partial charge is 0.172 e. The third-order valence-electron chi connectivity index (χ3n) is 2.73. The Morgan fingerprint density at radius 3 is 2.80 bits per heavy atom. The first kappa shape index (κ1) is 13.9. The maximum absolute atomic E-state index is 4.48. The summed E-state index contributed by atoms with van der Waals surface area (Å²) in [7, 11) is 0. The first-order chi connectivity index (χ1) is 9.72. The molecule has 0 spiro atoms. The van der Waals surface area contributed by atoms with Crippen LogP contribution in [0.1, 0.15) is 10.7 Å². The second-order valence-corrected chi connectivity index (χ2v) is 7.12. The molecule has 0 fully saturated rings. The maximum atomic E-state index is 4.48. The highest BCUT2D eigenvalue weighted by Gasteiger charge is 2.07. The predicted molar refractivity (Wildman–Crippen MR) is 87.7 cm³/mol. The molecule has 20 heavy (non-hydrogen) atoms. The van der Waals surface area contributed by atoms with Gasteiger partial charge in [0.25, 0.3) is 0 Å². The number of rotatable bonds is 4. The van der Waals surface area contributed by atoms with Gasteiger partial charge >= 0.3 is 0 Å². The van der Waals surface area contributed by atoms with Crippen molar-refractivity contribution in [2.75, 3.05) is 0 Å². The van der Waals surface area contributed by atoms with Gasteiger partial charge < -0.3 is 0 Å². The van der Waals surface area contributed by atoms with Gasteiger partial charge in [-0.05, 0) is 31.2 Å². The first-order valence-corrected chi connectivity index (χ1v) is 8.71. The molecule has 0 N–H and O–H groups in total. The van der Waals surface area contributed by atoms with Gasteiger partial charge in [-0.15, -0.1) is 11.3 Å². The van der Waals surface area contributed by atoms with Crippen LogP contribution in [0.25, 0.3) is 5.69 Å². The highest BCUT2D eigenvalue weighted by atomic mass is 79.9. The fraction of sp³-hybridized carbons (Fsp3) is 0.143. The molecule has 2 heterocycles. The Balaban J connectivity index is 1.78. The van der Waals surface area contributed by atoms with Crippen molar-refractivity contribution < 1.29 is 0 Å². The molecule has 0 bridgehead atoms. The minimum atomic E-state index is 0.845. The lowest BCUT2D eigenvalue weighted by atomic mass is 10.3. The van der Waals surface area contributed by atoms with E-state index in [9.17, 15) is 0 Å². The summed E-state index contributed by atoms with van der Waals surface area (Å²) in [6.07, 6.45) is 3.81. The van der Waals surface area contributed by atoms with Crippen molar-refractivity contribution in [2.24, 2.45) is 0 Å². The second kappa shape index (κ2) is 6.11. The van der Waals surface area contributed by atoms with E-state index in [4.69, 9.17) is 0 Å². The van der Waals surface area contributed by atoms with Gasteiger partial charge in [-0.2, -0.15) is 0 Å². The van der Waals surface area contributed by atoms with Crippen molar-refractivity contribution >= 4 is 39.0 Å². The number of benzene rings is 1. The number of hydrogen-bond acceptors (Lipinski definition) is 4. The molecule has 0 saturated heterocycles. The van der Waals surface area contributed by atoms with E-state index >= 15 is 0 Å². The fourth-order valence-corrected chi connectivity index (χ4v) is 3.66. The summed E-state index contributed by atoms with van der Waals surface area (Å²) < 4.78 is 3.17. The highest BCUT2D eigenvalue weighted by molar-refractivity contribution is 9.10. The Morgan fingerprint density at radius 1 is 1.30 bits per heavy atom. The van der Waals surface area contributed by atoms with Gasteiger partial charge in [-0.1, -0.05) is 27.7 Å². The van der Waals surface area contributed by atoms with E-state index in [0.717, 1.165) is 31.8 Å². The van der Waals surface area contributed by atoms with Gasteiger partial charge in [0.15, 0.2) is 5.16 Å². The van der Waals surface area contributed by atoms with E-state index < -0.39 is 0 Å². The Labute approximate surface area is 134 Å². The van der Waals surface area contributed by atoms with Crippen molar-refractivity contribution in [3.63, 3.8) is 0 Å². The predicted octanol–water partition coefficient (Wildman–Crippen LogP) is 4.69. The van der Waals surface area contributed by atoms with Crippen LogP contribution < -0.4 is 0 Å². The minimum absolute atomic E-state index is 0.845. The molecular weight excluding hydrogens is 354 g/mol. The van der Waals surface area contributed by atoms with Gasteiger partial charge in [0.2, 0.25) is 0 Å². The molecule has 6 heteroatoms. The van der Waals surface area contributed by atoms with Gasteiger partial charge in [0, 0.05) is 33.7 Å². The normalized spacial score (nSPS) is 10.9. The summed E-state index contributed by atoms with van der Waals surface area (Å²) in [5.74, 6) is 0.845. The number of hydrogen-bond donors (Lipinski definition) is 0. The van der Waals surface area contributed by atoms with Crippen LogP contribution >= 0.6 is 39.0 Å². The zero-order chi connectivity index (χ0) is 13.9. The van der Waals surface area contributed by atoms with Crippen LogP contribution in [-0.2, 0) is 5.75 Å². The maximum Gasteiger partial charge on any atom is 0.172 e. The lowest BCUT2D eigenvalue weighted by Gasteiger charge is -2.06.